The highest BCUT2D eigenvalue weighted by Gasteiger charge is 2.62. The summed E-state index contributed by atoms with van der Waals surface area (Å²) in [7, 11) is 0. The largest absolute Gasteiger partial charge is 0.394 e. The SMILES string of the molecule is CC(=O)N[C@H]1[C@H](O[C@H]2[C@H](O[C@@H]3O[C@@H](C)[C@@H](O)[C@@H](O)[C@@H]3O)[C@@H](NC(C)=O)C(O)O[C@@H]2CO)O[C@H](CO)[C@@H](O[C@@H]2O[C@H](CO[C@H]3O[C@H](CO)[C@@H](O)[C@H](O)[C@@H]3O)[C@@H](O)[C@H](O[C@H]3O[C@H](CO)[C@@H](O)[C@H](O)[C@@H]3O[C@@H]3O[C@H](CO)[C@@H](O[C@@H]4O[C@H](CO)[C@H](O)[C@H](O)[C@H]4NC(C)=O)[C@H](O[C@@H]4O[C@@H](C)[C@@H](O)[C@@H](O)[C@@H]4O)[C@H]3NC(C)=O)[C@@H]2O)[C@@H]1O. The Kier molecular flexibility index (Phi) is 32.0. The zero-order chi connectivity index (χ0) is 81.1. The minimum Gasteiger partial charge on any atom is -0.394 e. The van der Waals surface area contributed by atoms with Gasteiger partial charge in [0, 0.05) is 27.7 Å². The second kappa shape index (κ2) is 39.0. The second-order valence-electron chi connectivity index (χ2n) is 28.1. The number of rotatable bonds is 27. The molecule has 0 aromatic carbocycles. The fourth-order valence-electron chi connectivity index (χ4n) is 14.3. The maximum atomic E-state index is 13.5. The van der Waals surface area contributed by atoms with Crippen LogP contribution in [-0.4, -0.2) is 463 Å². The maximum absolute atomic E-state index is 13.5. The van der Waals surface area contributed by atoms with Crippen molar-refractivity contribution in [1.29, 1.82) is 0 Å². The van der Waals surface area contributed by atoms with Crippen molar-refractivity contribution in [3.63, 3.8) is 0 Å². The molecule has 48 nitrogen and oxygen atoms in total. The highest BCUT2D eigenvalue weighted by atomic mass is 16.8. The summed E-state index contributed by atoms with van der Waals surface area (Å²) in [6.45, 7) is -1.27. The molecule has 9 heterocycles. The van der Waals surface area contributed by atoms with Crippen LogP contribution in [0.2, 0.25) is 0 Å². The van der Waals surface area contributed by atoms with Crippen LogP contribution in [-0.2, 0) is 99.7 Å². The Morgan fingerprint density at radius 1 is 0.255 bits per heavy atom. The molecule has 636 valence electrons. The Balaban J connectivity index is 1.07. The molecule has 1 unspecified atom stereocenters. The van der Waals surface area contributed by atoms with Gasteiger partial charge in [-0.2, -0.15) is 0 Å². The smallest absolute Gasteiger partial charge is 0.217 e. The molecule has 45 atom stereocenters. The normalized spacial score (nSPS) is 49.6. The fraction of sp³-hybridized carbons (Fsp3) is 0.935. The van der Waals surface area contributed by atoms with Gasteiger partial charge < -0.3 is 219 Å². The van der Waals surface area contributed by atoms with Crippen LogP contribution in [0.25, 0.3) is 0 Å². The fourth-order valence-corrected chi connectivity index (χ4v) is 14.3. The lowest BCUT2D eigenvalue weighted by atomic mass is 9.93. The summed E-state index contributed by atoms with van der Waals surface area (Å²) in [6.07, 6.45) is -82.9. The summed E-state index contributed by atoms with van der Waals surface area (Å²) in [5.41, 5.74) is 0. The average Bonchev–Trinajstić information content (AvgIpc) is 0.762. The van der Waals surface area contributed by atoms with Crippen LogP contribution >= 0.6 is 0 Å². The van der Waals surface area contributed by atoms with Crippen LogP contribution in [0.5, 0.6) is 0 Å². The minimum absolute atomic E-state index is 0.835. The number of ether oxygens (including phenoxy) is 17. The van der Waals surface area contributed by atoms with E-state index in [1.54, 1.807) is 0 Å². The van der Waals surface area contributed by atoms with E-state index in [0.29, 0.717) is 0 Å². The highest BCUT2D eigenvalue weighted by molar-refractivity contribution is 5.74. The van der Waals surface area contributed by atoms with E-state index < -0.39 is 346 Å². The highest BCUT2D eigenvalue weighted by Crippen LogP contribution is 2.41. The van der Waals surface area contributed by atoms with Gasteiger partial charge in [-0.15, -0.1) is 0 Å². The Morgan fingerprint density at radius 2 is 0.573 bits per heavy atom. The first-order chi connectivity index (χ1) is 51.9. The molecule has 0 aromatic heterocycles. The van der Waals surface area contributed by atoms with Crippen LogP contribution in [0.15, 0.2) is 0 Å². The number of nitrogens with one attached hydrogen (secondary N) is 4. The van der Waals surface area contributed by atoms with E-state index in [0.717, 1.165) is 27.7 Å². The van der Waals surface area contributed by atoms with Crippen molar-refractivity contribution in [2.24, 2.45) is 0 Å². The third kappa shape index (κ3) is 19.8. The monoisotopic (exact) mass is 1610 g/mol. The Hall–Kier alpha value is -3.72. The van der Waals surface area contributed by atoms with E-state index in [4.69, 9.17) is 80.5 Å². The van der Waals surface area contributed by atoms with Gasteiger partial charge in [0.15, 0.2) is 56.6 Å². The summed E-state index contributed by atoms with van der Waals surface area (Å²) in [4.78, 5) is 51.9. The molecule has 0 aliphatic carbocycles. The van der Waals surface area contributed by atoms with Gasteiger partial charge in [0.1, 0.15) is 207 Å². The molecular formula is C62H104N4O44. The zero-order valence-electron chi connectivity index (χ0n) is 59.8. The van der Waals surface area contributed by atoms with E-state index in [1.165, 1.54) is 13.8 Å². The zero-order valence-corrected chi connectivity index (χ0v) is 59.8. The minimum atomic E-state index is -2.55. The number of hydrogen-bond donors (Lipinski definition) is 27. The van der Waals surface area contributed by atoms with E-state index in [2.05, 4.69) is 21.3 Å². The molecule has 0 saturated carbocycles. The standard InChI is InChI=1S/C62H104N4O44/c1-14-31(77)39(85)44(90)59(95-14)107-50-29(65-18(5)75)54(93)97-24(11-71)48(50)105-56-28(64-17(4)74)38(84)47(23(10-70)101-56)104-61-46(92)52(36(82)26(103-61)13-94-58-43(89)41(87)34(80)21(8-68)99-58)109-62-53(42(88)35(81)22(9-69)100-62)110-57-30(66-19(6)76)51(108-60-45(91)40(86)32(78)15(2)96-60)49(25(12-72)102-57)106-55-27(63-16(3)73)37(83)33(79)20(7-67)98-55/h14-15,20-62,67-72,77-93H,7-13H2,1-6H3,(H,63,73)(H,64,74)(H,65,75)(H,66,76)/t14-,15-,20+,21+,22+,23+,24+,25+,26+,27+,28+,29+,30+,31+,32+,33-,34+,35+,36+,37+,38+,39+,40+,41-,42-,43-,44-,45-,46-,47+,48+,49+,50+,51+,52-,53-,54?,55-,56-,57-,58-,59-,60-,61-,62+/m0/s1. The number of aliphatic hydroxyl groups excluding tert-OH is 23. The van der Waals surface area contributed by atoms with Crippen LogP contribution < -0.4 is 21.3 Å². The number of carbonyl (C=O) groups is 4. The molecule has 9 aliphatic rings. The maximum Gasteiger partial charge on any atom is 0.217 e. The first kappa shape index (κ1) is 90.2. The molecule has 110 heavy (non-hydrogen) atoms. The number of carbonyl (C=O) groups excluding carboxylic acids is 4. The predicted molar refractivity (Wildman–Crippen MR) is 341 cm³/mol. The molecule has 0 aromatic rings. The van der Waals surface area contributed by atoms with Crippen molar-refractivity contribution >= 4 is 23.6 Å². The van der Waals surface area contributed by atoms with E-state index in [-0.39, 0.29) is 0 Å². The number of aliphatic hydroxyl groups is 23. The quantitative estimate of drug-likeness (QED) is 0.0363. The van der Waals surface area contributed by atoms with Crippen molar-refractivity contribution in [1.82, 2.24) is 21.3 Å². The topological polar surface area (TPSA) is 739 Å². The van der Waals surface area contributed by atoms with Gasteiger partial charge in [-0.3, -0.25) is 19.2 Å². The van der Waals surface area contributed by atoms with E-state index in [1.807, 2.05) is 0 Å². The van der Waals surface area contributed by atoms with E-state index >= 15 is 0 Å². The molecule has 9 fully saturated rings. The Morgan fingerprint density at radius 3 is 1.05 bits per heavy atom. The molecular weight excluding hydrogens is 1500 g/mol. The summed E-state index contributed by atoms with van der Waals surface area (Å²) >= 11 is 0. The van der Waals surface area contributed by atoms with Crippen molar-refractivity contribution in [3.05, 3.63) is 0 Å². The van der Waals surface area contributed by atoms with E-state index in [9.17, 15) is 137 Å². The molecule has 27 N–H and O–H groups in total. The summed E-state index contributed by atoms with van der Waals surface area (Å²) < 4.78 is 102. The molecule has 9 rings (SSSR count). The van der Waals surface area contributed by atoms with Crippen LogP contribution in [0.3, 0.4) is 0 Å². The summed E-state index contributed by atoms with van der Waals surface area (Å²) in [5.74, 6) is -3.63. The van der Waals surface area contributed by atoms with Crippen LogP contribution in [0.4, 0.5) is 0 Å². The lowest BCUT2D eigenvalue weighted by Crippen LogP contribution is -2.72. The first-order valence-electron chi connectivity index (χ1n) is 35.3. The van der Waals surface area contributed by atoms with Gasteiger partial charge in [-0.05, 0) is 13.8 Å². The van der Waals surface area contributed by atoms with Crippen molar-refractivity contribution in [2.75, 3.05) is 46.2 Å². The van der Waals surface area contributed by atoms with Gasteiger partial charge in [0.05, 0.1) is 58.5 Å². The predicted octanol–water partition coefficient (Wildman–Crippen LogP) is -18.0. The van der Waals surface area contributed by atoms with Gasteiger partial charge in [0.2, 0.25) is 23.6 Å². The second-order valence-corrected chi connectivity index (χ2v) is 28.1. The molecule has 9 saturated heterocycles. The van der Waals surface area contributed by atoms with Gasteiger partial charge in [-0.25, -0.2) is 0 Å². The molecule has 48 heteroatoms. The molecule has 0 radical (unpaired) electrons. The Bertz CT molecular complexity index is 2930. The first-order valence-corrected chi connectivity index (χ1v) is 35.3. The van der Waals surface area contributed by atoms with Crippen molar-refractivity contribution < 1.29 is 217 Å². The summed E-state index contributed by atoms with van der Waals surface area (Å²) in [6, 6.07) is -7.46. The summed E-state index contributed by atoms with van der Waals surface area (Å²) in [5, 5.41) is 266. The molecule has 0 spiro atoms. The van der Waals surface area contributed by atoms with Crippen molar-refractivity contribution in [2.45, 2.75) is 318 Å². The van der Waals surface area contributed by atoms with Gasteiger partial charge in [-0.1, -0.05) is 0 Å². The average molecular weight is 1610 g/mol. The van der Waals surface area contributed by atoms with Gasteiger partial charge >= 0.3 is 0 Å². The Labute approximate surface area is 624 Å². The number of amides is 4. The lowest BCUT2D eigenvalue weighted by Gasteiger charge is -2.52. The molecule has 9 aliphatic heterocycles. The van der Waals surface area contributed by atoms with Crippen LogP contribution in [0, 0.1) is 0 Å². The van der Waals surface area contributed by atoms with Crippen LogP contribution in [0.1, 0.15) is 41.5 Å². The number of hydrogen-bond acceptors (Lipinski definition) is 44. The van der Waals surface area contributed by atoms with Gasteiger partial charge in [0.25, 0.3) is 0 Å². The van der Waals surface area contributed by atoms with Crippen molar-refractivity contribution in [3.8, 4) is 0 Å². The third-order valence-corrected chi connectivity index (χ3v) is 20.3. The molecule has 4 amide bonds. The molecule has 0 bridgehead atoms. The lowest BCUT2D eigenvalue weighted by molar-refractivity contribution is -0.401. The third-order valence-electron chi connectivity index (χ3n) is 20.3.